The molecule has 1 amide bonds. The van der Waals surface area contributed by atoms with E-state index in [2.05, 4.69) is 15.3 Å². The SMILES string of the molecule is CCN(C(=O)c1ccnc(Nc2cc(Cl)ccc2OC)n1)c1cccc(C)c1. The van der Waals surface area contributed by atoms with Crippen LogP contribution < -0.4 is 15.0 Å². The van der Waals surface area contributed by atoms with Crippen LogP contribution in [0.3, 0.4) is 0 Å². The van der Waals surface area contributed by atoms with Crippen molar-refractivity contribution in [2.45, 2.75) is 13.8 Å². The minimum atomic E-state index is -0.198. The zero-order valence-electron chi connectivity index (χ0n) is 15.9. The number of nitrogens with zero attached hydrogens (tertiary/aromatic N) is 3. The standard InChI is InChI=1S/C21H21ClN4O2/c1-4-26(16-7-5-6-14(2)12-16)20(27)17-10-11-23-21(24-17)25-18-13-15(22)8-9-19(18)28-3/h5-13H,4H2,1-3H3,(H,23,24,25). The minimum absolute atomic E-state index is 0.198. The topological polar surface area (TPSA) is 67.4 Å². The highest BCUT2D eigenvalue weighted by atomic mass is 35.5. The van der Waals surface area contributed by atoms with Crippen molar-refractivity contribution >= 4 is 34.8 Å². The summed E-state index contributed by atoms with van der Waals surface area (Å²) in [5.74, 6) is 0.683. The summed E-state index contributed by atoms with van der Waals surface area (Å²) in [6.07, 6.45) is 1.55. The number of rotatable bonds is 6. The van der Waals surface area contributed by atoms with Crippen molar-refractivity contribution in [3.05, 3.63) is 71.0 Å². The average Bonchev–Trinajstić information content (AvgIpc) is 2.69. The van der Waals surface area contributed by atoms with Crippen molar-refractivity contribution in [1.82, 2.24) is 9.97 Å². The molecular weight excluding hydrogens is 376 g/mol. The van der Waals surface area contributed by atoms with Gasteiger partial charge in [0.05, 0.1) is 12.8 Å². The fraction of sp³-hybridized carbons (Fsp3) is 0.190. The highest BCUT2D eigenvalue weighted by Gasteiger charge is 2.18. The largest absolute Gasteiger partial charge is 0.495 e. The van der Waals surface area contributed by atoms with Gasteiger partial charge in [0.15, 0.2) is 0 Å². The molecule has 0 aliphatic heterocycles. The number of amides is 1. The second-order valence-corrected chi connectivity index (χ2v) is 6.56. The molecule has 144 valence electrons. The van der Waals surface area contributed by atoms with Gasteiger partial charge in [0, 0.05) is 23.5 Å². The van der Waals surface area contributed by atoms with E-state index in [1.165, 1.54) is 0 Å². The maximum atomic E-state index is 13.0. The van der Waals surface area contributed by atoms with Crippen LogP contribution in [0, 0.1) is 6.92 Å². The number of halogens is 1. The second kappa shape index (κ2) is 8.71. The Kier molecular flexibility index (Phi) is 6.11. The Morgan fingerprint density at radius 2 is 2.04 bits per heavy atom. The van der Waals surface area contributed by atoms with Crippen molar-refractivity contribution in [2.75, 3.05) is 23.9 Å². The van der Waals surface area contributed by atoms with Crippen LogP contribution in [0.5, 0.6) is 5.75 Å². The predicted octanol–water partition coefficient (Wildman–Crippen LogP) is 4.86. The summed E-state index contributed by atoms with van der Waals surface area (Å²) in [7, 11) is 1.57. The zero-order valence-corrected chi connectivity index (χ0v) is 16.7. The quantitative estimate of drug-likeness (QED) is 0.644. The molecule has 0 fully saturated rings. The molecule has 0 atom stereocenters. The molecule has 0 aliphatic carbocycles. The highest BCUT2D eigenvalue weighted by Crippen LogP contribution is 2.29. The molecule has 1 N–H and O–H groups in total. The molecule has 1 heterocycles. The first-order chi connectivity index (χ1) is 13.5. The molecule has 0 saturated heterocycles. The number of hydrogen-bond donors (Lipinski definition) is 1. The third kappa shape index (κ3) is 4.40. The van der Waals surface area contributed by atoms with Gasteiger partial charge in [-0.15, -0.1) is 0 Å². The van der Waals surface area contributed by atoms with Crippen molar-refractivity contribution in [1.29, 1.82) is 0 Å². The van der Waals surface area contributed by atoms with Crippen LogP contribution in [0.15, 0.2) is 54.7 Å². The van der Waals surface area contributed by atoms with Gasteiger partial charge < -0.3 is 15.0 Å². The van der Waals surface area contributed by atoms with Gasteiger partial charge in [0.1, 0.15) is 11.4 Å². The molecule has 28 heavy (non-hydrogen) atoms. The lowest BCUT2D eigenvalue weighted by molar-refractivity contribution is 0.0983. The second-order valence-electron chi connectivity index (χ2n) is 6.12. The summed E-state index contributed by atoms with van der Waals surface area (Å²) in [5.41, 5.74) is 2.83. The summed E-state index contributed by atoms with van der Waals surface area (Å²) >= 11 is 6.07. The first-order valence-electron chi connectivity index (χ1n) is 8.84. The summed E-state index contributed by atoms with van der Waals surface area (Å²) in [5, 5.41) is 3.61. The molecule has 2 aromatic carbocycles. The van der Waals surface area contributed by atoms with Crippen molar-refractivity contribution in [3.8, 4) is 5.75 Å². The predicted molar refractivity (Wildman–Crippen MR) is 112 cm³/mol. The number of carbonyl (C=O) groups is 1. The zero-order chi connectivity index (χ0) is 20.1. The fourth-order valence-corrected chi connectivity index (χ4v) is 2.99. The lowest BCUT2D eigenvalue weighted by Crippen LogP contribution is -2.31. The monoisotopic (exact) mass is 396 g/mol. The third-order valence-corrected chi connectivity index (χ3v) is 4.39. The minimum Gasteiger partial charge on any atom is -0.495 e. The molecule has 3 rings (SSSR count). The Balaban J connectivity index is 1.88. The molecule has 0 saturated carbocycles. The number of ether oxygens (including phenoxy) is 1. The lowest BCUT2D eigenvalue weighted by Gasteiger charge is -2.21. The maximum Gasteiger partial charge on any atom is 0.277 e. The van der Waals surface area contributed by atoms with E-state index in [-0.39, 0.29) is 11.9 Å². The Morgan fingerprint density at radius 3 is 2.75 bits per heavy atom. The maximum absolute atomic E-state index is 13.0. The molecule has 7 heteroatoms. The summed E-state index contributed by atoms with van der Waals surface area (Å²) in [6.45, 7) is 4.45. The molecule has 0 spiro atoms. The molecule has 1 aromatic heterocycles. The lowest BCUT2D eigenvalue weighted by atomic mass is 10.2. The Hall–Kier alpha value is -3.12. The fourth-order valence-electron chi connectivity index (χ4n) is 2.81. The molecule has 3 aromatic rings. The number of methoxy groups -OCH3 is 1. The van der Waals surface area contributed by atoms with E-state index < -0.39 is 0 Å². The number of aromatic nitrogens is 2. The van der Waals surface area contributed by atoms with E-state index in [1.54, 1.807) is 42.5 Å². The molecule has 0 radical (unpaired) electrons. The summed E-state index contributed by atoms with van der Waals surface area (Å²) in [4.78, 5) is 23.3. The van der Waals surface area contributed by atoms with Crippen molar-refractivity contribution < 1.29 is 9.53 Å². The third-order valence-electron chi connectivity index (χ3n) is 4.16. The van der Waals surface area contributed by atoms with Crippen LogP contribution >= 0.6 is 11.6 Å². The number of anilines is 3. The first kappa shape index (κ1) is 19.6. The summed E-state index contributed by atoms with van der Waals surface area (Å²) in [6, 6.07) is 14.6. The van der Waals surface area contributed by atoms with E-state index in [4.69, 9.17) is 16.3 Å². The Morgan fingerprint density at radius 1 is 1.21 bits per heavy atom. The van der Waals surface area contributed by atoms with Crippen molar-refractivity contribution in [3.63, 3.8) is 0 Å². The first-order valence-corrected chi connectivity index (χ1v) is 9.21. The molecule has 0 bridgehead atoms. The number of carbonyl (C=O) groups excluding carboxylic acids is 1. The van der Waals surface area contributed by atoms with Gasteiger partial charge in [-0.05, 0) is 55.8 Å². The average molecular weight is 397 g/mol. The Labute approximate surface area is 169 Å². The van der Waals surface area contributed by atoms with E-state index in [0.717, 1.165) is 11.3 Å². The van der Waals surface area contributed by atoms with Gasteiger partial charge in [-0.2, -0.15) is 0 Å². The number of benzene rings is 2. The van der Waals surface area contributed by atoms with Crippen LogP contribution in [0.4, 0.5) is 17.3 Å². The van der Waals surface area contributed by atoms with Gasteiger partial charge in [-0.25, -0.2) is 9.97 Å². The van der Waals surface area contributed by atoms with Crippen LogP contribution in [0.2, 0.25) is 5.02 Å². The van der Waals surface area contributed by atoms with Crippen LogP contribution in [0.1, 0.15) is 23.0 Å². The molecule has 0 aliphatic rings. The van der Waals surface area contributed by atoms with E-state index in [9.17, 15) is 4.79 Å². The van der Waals surface area contributed by atoms with E-state index in [1.807, 2.05) is 38.1 Å². The van der Waals surface area contributed by atoms with Gasteiger partial charge in [-0.1, -0.05) is 23.7 Å². The van der Waals surface area contributed by atoms with Crippen molar-refractivity contribution in [2.24, 2.45) is 0 Å². The number of nitrogens with one attached hydrogen (secondary N) is 1. The van der Waals surface area contributed by atoms with Gasteiger partial charge in [-0.3, -0.25) is 4.79 Å². The van der Waals surface area contributed by atoms with Gasteiger partial charge in [0.25, 0.3) is 5.91 Å². The smallest absolute Gasteiger partial charge is 0.277 e. The summed E-state index contributed by atoms with van der Waals surface area (Å²) < 4.78 is 5.32. The van der Waals surface area contributed by atoms with Crippen LogP contribution in [0.25, 0.3) is 0 Å². The number of aryl methyl sites for hydroxylation is 1. The van der Waals surface area contributed by atoms with Crippen LogP contribution in [-0.2, 0) is 0 Å². The number of hydrogen-bond acceptors (Lipinski definition) is 5. The molecular formula is C21H21ClN4O2. The molecule has 6 nitrogen and oxygen atoms in total. The Bertz CT molecular complexity index is 994. The van der Waals surface area contributed by atoms with Crippen LogP contribution in [-0.4, -0.2) is 29.5 Å². The van der Waals surface area contributed by atoms with E-state index >= 15 is 0 Å². The molecule has 0 unspecified atom stereocenters. The highest BCUT2D eigenvalue weighted by molar-refractivity contribution is 6.31. The van der Waals surface area contributed by atoms with E-state index in [0.29, 0.717) is 28.7 Å². The van der Waals surface area contributed by atoms with Gasteiger partial charge in [0.2, 0.25) is 5.95 Å². The van der Waals surface area contributed by atoms with Gasteiger partial charge >= 0.3 is 0 Å². The normalized spacial score (nSPS) is 10.4.